The third-order valence-corrected chi connectivity index (χ3v) is 7.88. The van der Waals surface area contributed by atoms with Gasteiger partial charge in [-0.05, 0) is 42.8 Å². The molecule has 4 aliphatic rings. The molecule has 1 aliphatic carbocycles. The van der Waals surface area contributed by atoms with E-state index in [1.807, 2.05) is 30.5 Å². The topological polar surface area (TPSA) is 108 Å². The number of nitriles is 1. The predicted octanol–water partition coefficient (Wildman–Crippen LogP) is 2.31. The third kappa shape index (κ3) is 2.91. The van der Waals surface area contributed by atoms with Crippen molar-refractivity contribution in [2.24, 2.45) is 11.8 Å². The van der Waals surface area contributed by atoms with Gasteiger partial charge < -0.3 is 19.7 Å². The Labute approximate surface area is 197 Å². The summed E-state index contributed by atoms with van der Waals surface area (Å²) < 4.78 is 10.1. The van der Waals surface area contributed by atoms with Crippen molar-refractivity contribution in [3.05, 3.63) is 47.8 Å². The molecular formula is C25H25N5O4. The average Bonchev–Trinajstić information content (AvgIpc) is 3.19. The number of anilines is 1. The molecule has 0 radical (unpaired) electrons. The third-order valence-electron chi connectivity index (χ3n) is 7.88. The van der Waals surface area contributed by atoms with Crippen LogP contribution in [0, 0.1) is 23.2 Å². The summed E-state index contributed by atoms with van der Waals surface area (Å²) in [5, 5.41) is 12.5. The van der Waals surface area contributed by atoms with Crippen molar-refractivity contribution >= 4 is 17.9 Å². The first-order chi connectivity index (χ1) is 16.5. The van der Waals surface area contributed by atoms with E-state index in [-0.39, 0.29) is 12.6 Å². The van der Waals surface area contributed by atoms with Gasteiger partial charge >= 0.3 is 12.2 Å². The molecule has 3 fully saturated rings. The van der Waals surface area contributed by atoms with Gasteiger partial charge in [0.05, 0.1) is 37.1 Å². The van der Waals surface area contributed by atoms with Crippen LogP contribution in [0.2, 0.25) is 0 Å². The summed E-state index contributed by atoms with van der Waals surface area (Å²) in [5.74, 6) is 0.742. The largest absolute Gasteiger partial charge is 0.453 e. The number of benzene rings is 1. The Morgan fingerprint density at radius 3 is 2.74 bits per heavy atom. The molecule has 0 bridgehead atoms. The summed E-state index contributed by atoms with van der Waals surface area (Å²) in [6.07, 6.45) is 1.09. The van der Waals surface area contributed by atoms with Gasteiger partial charge in [0.25, 0.3) is 0 Å². The van der Waals surface area contributed by atoms with Crippen molar-refractivity contribution in [1.29, 1.82) is 5.26 Å². The van der Waals surface area contributed by atoms with Crippen LogP contribution in [-0.4, -0.2) is 68.0 Å². The zero-order valence-electron chi connectivity index (χ0n) is 19.0. The van der Waals surface area contributed by atoms with Gasteiger partial charge in [-0.15, -0.1) is 0 Å². The Hall–Kier alpha value is -3.64. The van der Waals surface area contributed by atoms with Crippen LogP contribution < -0.4 is 10.2 Å². The molecule has 1 aromatic heterocycles. The van der Waals surface area contributed by atoms with Crippen molar-refractivity contribution in [3.63, 3.8) is 0 Å². The Morgan fingerprint density at radius 1 is 1.29 bits per heavy atom. The second kappa shape index (κ2) is 7.43. The molecule has 1 aromatic carbocycles. The lowest BCUT2D eigenvalue weighted by atomic mass is 9.95. The molecule has 9 nitrogen and oxygen atoms in total. The van der Waals surface area contributed by atoms with Crippen LogP contribution in [0.3, 0.4) is 0 Å². The minimum absolute atomic E-state index is 0.168. The van der Waals surface area contributed by atoms with Crippen molar-refractivity contribution in [2.75, 3.05) is 38.7 Å². The number of amides is 2. The molecule has 2 amide bonds. The molecule has 4 heterocycles. The maximum atomic E-state index is 12.5. The number of ether oxygens (including phenoxy) is 2. The van der Waals surface area contributed by atoms with Crippen LogP contribution in [0.5, 0.6) is 0 Å². The highest BCUT2D eigenvalue weighted by Gasteiger charge is 2.70. The van der Waals surface area contributed by atoms with Gasteiger partial charge in [-0.25, -0.2) is 9.59 Å². The zero-order valence-corrected chi connectivity index (χ0v) is 19.0. The van der Waals surface area contributed by atoms with Gasteiger partial charge in [0.2, 0.25) is 0 Å². The Balaban J connectivity index is 1.21. The van der Waals surface area contributed by atoms with E-state index in [1.54, 1.807) is 4.90 Å². The number of alkyl carbamates (subject to hydrolysis) is 1. The Bertz CT molecular complexity index is 1210. The van der Waals surface area contributed by atoms with Crippen molar-refractivity contribution in [3.8, 4) is 17.2 Å². The number of fused-ring (bicyclic) bond motifs is 4. The van der Waals surface area contributed by atoms with E-state index in [2.05, 4.69) is 34.1 Å². The molecule has 6 rings (SSSR count). The summed E-state index contributed by atoms with van der Waals surface area (Å²) in [5.41, 5.74) is 4.30. The summed E-state index contributed by atoms with van der Waals surface area (Å²) >= 11 is 0. The molecular weight excluding hydrogens is 434 g/mol. The molecule has 5 atom stereocenters. The number of pyridine rings is 1. The van der Waals surface area contributed by atoms with Crippen LogP contribution >= 0.6 is 0 Å². The number of likely N-dealkylation sites (tertiary alicyclic amines) is 1. The van der Waals surface area contributed by atoms with Gasteiger partial charge in [-0.1, -0.05) is 12.1 Å². The number of hydrogen-bond acceptors (Lipinski definition) is 7. The van der Waals surface area contributed by atoms with Gasteiger partial charge in [0.1, 0.15) is 11.5 Å². The predicted molar refractivity (Wildman–Crippen MR) is 122 cm³/mol. The maximum Gasteiger partial charge on any atom is 0.415 e. The second-order valence-electron chi connectivity index (χ2n) is 9.63. The van der Waals surface area contributed by atoms with E-state index < -0.39 is 23.7 Å². The normalized spacial score (nSPS) is 30.7. The lowest BCUT2D eigenvalue weighted by Crippen LogP contribution is -2.40. The highest BCUT2D eigenvalue weighted by atomic mass is 16.6. The fraction of sp³-hybridized carbons (Fsp3) is 0.440. The van der Waals surface area contributed by atoms with Crippen LogP contribution in [0.25, 0.3) is 11.1 Å². The Morgan fingerprint density at radius 2 is 2.06 bits per heavy atom. The fourth-order valence-corrected chi connectivity index (χ4v) is 6.13. The molecule has 2 saturated heterocycles. The van der Waals surface area contributed by atoms with Gasteiger partial charge in [0.15, 0.2) is 0 Å². The number of methoxy groups -OCH3 is 1. The Kier molecular flexibility index (Phi) is 4.58. The average molecular weight is 460 g/mol. The number of nitrogens with one attached hydrogen (secondary N) is 1. The number of aromatic nitrogens is 1. The second-order valence-corrected chi connectivity index (χ2v) is 9.63. The lowest BCUT2D eigenvalue weighted by Gasteiger charge is -2.18. The van der Waals surface area contributed by atoms with E-state index in [0.717, 1.165) is 41.2 Å². The van der Waals surface area contributed by atoms with Crippen LogP contribution in [-0.2, 0) is 21.3 Å². The van der Waals surface area contributed by atoms with E-state index >= 15 is 0 Å². The van der Waals surface area contributed by atoms with Crippen LogP contribution in [0.1, 0.15) is 11.3 Å². The fourth-order valence-electron chi connectivity index (χ4n) is 6.13. The molecule has 1 N–H and O–H groups in total. The van der Waals surface area contributed by atoms with Gasteiger partial charge in [-0.3, -0.25) is 9.88 Å². The molecule has 34 heavy (non-hydrogen) atoms. The summed E-state index contributed by atoms with van der Waals surface area (Å²) in [6, 6.07) is 12.4. The minimum atomic E-state index is -0.553. The number of cyclic esters (lactones) is 1. The number of rotatable bonds is 4. The quantitative estimate of drug-likeness (QED) is 0.748. The minimum Gasteiger partial charge on any atom is -0.453 e. The number of hydrogen-bond donors (Lipinski definition) is 1. The standard InChI is InChI=1S/C25H25N5O4/c1-29-11-17-18(12-29)25(17,13-26)22-6-4-15(9-27-22)14-3-5-19-16(7-14)8-20-21(10-28-23(31)33-2)34-24(32)30(19)20/h3-7,9,17-18,20-21H,8,10-12H2,1-2H3,(H,28,31)/t17-,18+,20-,21-,25?/m0/s1. The molecule has 1 saturated carbocycles. The number of carbonyl (C=O) groups is 2. The van der Waals surface area contributed by atoms with E-state index in [1.165, 1.54) is 7.11 Å². The molecule has 3 aliphatic heterocycles. The number of carbonyl (C=O) groups excluding carboxylic acids is 2. The van der Waals surface area contributed by atoms with Crippen molar-refractivity contribution < 1.29 is 19.1 Å². The number of piperidine rings is 1. The van der Waals surface area contributed by atoms with Gasteiger partial charge in [-0.2, -0.15) is 5.26 Å². The SMILES string of the molecule is COC(=O)NC[C@@H]1OC(=O)N2c3ccc(-c4ccc(C5(C#N)[C@@H]6CN(C)C[C@@H]65)nc4)cc3C[C@@H]12. The van der Waals surface area contributed by atoms with Crippen LogP contribution in [0.15, 0.2) is 36.5 Å². The van der Waals surface area contributed by atoms with Crippen molar-refractivity contribution in [2.45, 2.75) is 24.0 Å². The molecule has 174 valence electrons. The molecule has 2 aromatic rings. The summed E-state index contributed by atoms with van der Waals surface area (Å²) in [7, 11) is 3.40. The first kappa shape index (κ1) is 20.9. The first-order valence-corrected chi connectivity index (χ1v) is 11.5. The first-order valence-electron chi connectivity index (χ1n) is 11.5. The molecule has 1 unspecified atom stereocenters. The summed E-state index contributed by atoms with van der Waals surface area (Å²) in [6.45, 7) is 2.09. The smallest absolute Gasteiger partial charge is 0.415 e. The van der Waals surface area contributed by atoms with E-state index in [4.69, 9.17) is 9.72 Å². The number of nitrogens with zero attached hydrogens (tertiary/aromatic N) is 4. The maximum absolute atomic E-state index is 12.5. The molecule has 0 spiro atoms. The summed E-state index contributed by atoms with van der Waals surface area (Å²) in [4.78, 5) is 32.6. The molecule has 9 heteroatoms. The highest BCUT2D eigenvalue weighted by molar-refractivity contribution is 5.94. The zero-order chi connectivity index (χ0) is 23.6. The van der Waals surface area contributed by atoms with Crippen LogP contribution in [0.4, 0.5) is 15.3 Å². The van der Waals surface area contributed by atoms with Gasteiger partial charge in [0, 0.05) is 36.7 Å². The van der Waals surface area contributed by atoms with E-state index in [0.29, 0.717) is 18.3 Å². The monoisotopic (exact) mass is 459 g/mol. The lowest BCUT2D eigenvalue weighted by molar-refractivity contribution is 0.123. The van der Waals surface area contributed by atoms with Crippen molar-refractivity contribution in [1.82, 2.24) is 15.2 Å². The highest BCUT2D eigenvalue weighted by Crippen LogP contribution is 2.62. The van der Waals surface area contributed by atoms with E-state index in [9.17, 15) is 14.9 Å².